The monoisotopic (exact) mass is 468 g/mol. The van der Waals surface area contributed by atoms with Crippen molar-refractivity contribution in [3.05, 3.63) is 53.1 Å². The summed E-state index contributed by atoms with van der Waals surface area (Å²) in [5.41, 5.74) is 0.465. The Kier molecular flexibility index (Phi) is 8.43. The number of rotatable bonds is 9. The van der Waals surface area contributed by atoms with Crippen LogP contribution in [-0.4, -0.2) is 50.9 Å². The number of sulfonamides is 1. The van der Waals surface area contributed by atoms with Gasteiger partial charge in [0.2, 0.25) is 10.0 Å². The van der Waals surface area contributed by atoms with Gasteiger partial charge in [0.05, 0.1) is 23.3 Å². The van der Waals surface area contributed by atoms with E-state index in [-0.39, 0.29) is 10.5 Å². The van der Waals surface area contributed by atoms with Crippen molar-refractivity contribution in [3.63, 3.8) is 0 Å². The first-order valence-electron chi connectivity index (χ1n) is 9.59. The molecule has 0 saturated carbocycles. The summed E-state index contributed by atoms with van der Waals surface area (Å²) in [6.45, 7) is 5.60. The zero-order valence-electron chi connectivity index (χ0n) is 17.7. The number of nitrogens with one attached hydrogen (secondary N) is 1. The lowest BCUT2D eigenvalue weighted by Crippen LogP contribution is -2.31. The number of methoxy groups -OCH3 is 1. The fraction of sp³-hybridized carbons (Fsp3) is 0.333. The molecule has 0 aliphatic heterocycles. The lowest BCUT2D eigenvalue weighted by atomic mass is 10.2. The minimum atomic E-state index is -3.63. The van der Waals surface area contributed by atoms with Crippen LogP contribution in [0.1, 0.15) is 31.1 Å². The number of nitrogens with zero attached hydrogens (tertiary/aromatic N) is 1. The van der Waals surface area contributed by atoms with Gasteiger partial charge in [0.25, 0.3) is 5.91 Å². The maximum atomic E-state index is 12.5. The summed E-state index contributed by atoms with van der Waals surface area (Å²) in [4.78, 5) is 24.9. The second kappa shape index (κ2) is 10.6. The quantitative estimate of drug-likeness (QED) is 0.564. The SMILES string of the molecule is CCN(CC)S(=O)(=O)c1ccc(C(=O)O[C@H](C)C(=O)Nc2cc(Cl)ccc2OC)cc1. The molecule has 0 radical (unpaired) electrons. The number of hydrogen-bond acceptors (Lipinski definition) is 6. The number of anilines is 1. The highest BCUT2D eigenvalue weighted by atomic mass is 35.5. The fourth-order valence-electron chi connectivity index (χ4n) is 2.77. The Morgan fingerprint density at radius 2 is 1.71 bits per heavy atom. The van der Waals surface area contributed by atoms with Crippen molar-refractivity contribution in [2.75, 3.05) is 25.5 Å². The topological polar surface area (TPSA) is 102 Å². The summed E-state index contributed by atoms with van der Waals surface area (Å²) >= 11 is 5.95. The van der Waals surface area contributed by atoms with Crippen LogP contribution in [0, 0.1) is 0 Å². The van der Waals surface area contributed by atoms with Gasteiger partial charge >= 0.3 is 5.97 Å². The molecule has 8 nitrogen and oxygen atoms in total. The van der Waals surface area contributed by atoms with Crippen LogP contribution < -0.4 is 10.1 Å². The fourth-order valence-corrected chi connectivity index (χ4v) is 4.40. The van der Waals surface area contributed by atoms with Crippen LogP contribution >= 0.6 is 11.6 Å². The summed E-state index contributed by atoms with van der Waals surface area (Å²) < 4.78 is 36.7. The first kappa shape index (κ1) is 24.6. The zero-order valence-corrected chi connectivity index (χ0v) is 19.3. The van der Waals surface area contributed by atoms with Crippen LogP contribution in [0.5, 0.6) is 5.75 Å². The Morgan fingerprint density at radius 1 is 1.10 bits per heavy atom. The first-order valence-corrected chi connectivity index (χ1v) is 11.4. The van der Waals surface area contributed by atoms with Gasteiger partial charge in [0.15, 0.2) is 6.10 Å². The number of halogens is 1. The van der Waals surface area contributed by atoms with Crippen LogP contribution in [-0.2, 0) is 19.6 Å². The van der Waals surface area contributed by atoms with Gasteiger partial charge in [-0.2, -0.15) is 4.31 Å². The molecule has 2 aromatic carbocycles. The summed E-state index contributed by atoms with van der Waals surface area (Å²) in [6, 6.07) is 10.1. The van der Waals surface area contributed by atoms with Gasteiger partial charge in [-0.3, -0.25) is 4.79 Å². The van der Waals surface area contributed by atoms with Gasteiger partial charge in [-0.1, -0.05) is 25.4 Å². The number of ether oxygens (including phenoxy) is 2. The largest absolute Gasteiger partial charge is 0.495 e. The number of esters is 1. The summed E-state index contributed by atoms with van der Waals surface area (Å²) in [5.74, 6) is -0.927. The lowest BCUT2D eigenvalue weighted by Gasteiger charge is -2.18. The molecule has 2 rings (SSSR count). The molecule has 1 atom stereocenters. The normalized spacial score (nSPS) is 12.3. The van der Waals surface area contributed by atoms with Crippen molar-refractivity contribution in [3.8, 4) is 5.75 Å². The molecule has 31 heavy (non-hydrogen) atoms. The predicted octanol–water partition coefficient (Wildman–Crippen LogP) is 3.56. The van der Waals surface area contributed by atoms with E-state index < -0.39 is 28.0 Å². The second-order valence-corrected chi connectivity index (χ2v) is 8.87. The summed E-state index contributed by atoms with van der Waals surface area (Å²) in [5, 5.41) is 3.01. The average molecular weight is 469 g/mol. The molecule has 0 aromatic heterocycles. The number of benzene rings is 2. The van der Waals surface area contributed by atoms with Gasteiger partial charge in [0, 0.05) is 18.1 Å². The second-order valence-electron chi connectivity index (χ2n) is 6.50. The van der Waals surface area contributed by atoms with Gasteiger partial charge in [-0.15, -0.1) is 0 Å². The minimum absolute atomic E-state index is 0.0755. The molecule has 0 aliphatic carbocycles. The van der Waals surface area contributed by atoms with Gasteiger partial charge < -0.3 is 14.8 Å². The number of carbonyl (C=O) groups excluding carboxylic acids is 2. The van der Waals surface area contributed by atoms with E-state index >= 15 is 0 Å². The van der Waals surface area contributed by atoms with E-state index in [1.165, 1.54) is 48.7 Å². The molecule has 0 spiro atoms. The summed E-state index contributed by atoms with van der Waals surface area (Å²) in [6.07, 6.45) is -1.12. The molecule has 0 aliphatic rings. The Bertz CT molecular complexity index is 1040. The van der Waals surface area contributed by atoms with Gasteiger partial charge in [-0.25, -0.2) is 13.2 Å². The van der Waals surface area contributed by atoms with Gasteiger partial charge in [0.1, 0.15) is 5.75 Å². The van der Waals surface area contributed by atoms with Crippen LogP contribution in [0.3, 0.4) is 0 Å². The smallest absolute Gasteiger partial charge is 0.338 e. The van der Waals surface area contributed by atoms with Crippen molar-refractivity contribution in [1.29, 1.82) is 0 Å². The Hall–Kier alpha value is -2.62. The van der Waals surface area contributed by atoms with Crippen molar-refractivity contribution in [2.24, 2.45) is 0 Å². The number of carbonyl (C=O) groups is 2. The molecule has 0 saturated heterocycles. The van der Waals surface area contributed by atoms with Crippen LogP contribution in [0.4, 0.5) is 5.69 Å². The zero-order chi connectivity index (χ0) is 23.2. The standard InChI is InChI=1S/C21H25ClN2O6S/c1-5-24(6-2)31(27,28)17-10-7-15(8-11-17)21(26)30-14(3)20(25)23-18-13-16(22)9-12-19(18)29-4/h7-14H,5-6H2,1-4H3,(H,23,25)/t14-/m1/s1. The van der Waals surface area contributed by atoms with Crippen molar-refractivity contribution >= 4 is 39.2 Å². The van der Waals surface area contributed by atoms with E-state index in [9.17, 15) is 18.0 Å². The Balaban J connectivity index is 2.08. The molecule has 0 unspecified atom stereocenters. The molecule has 0 heterocycles. The van der Waals surface area contributed by atoms with E-state index in [2.05, 4.69) is 5.32 Å². The van der Waals surface area contributed by atoms with E-state index in [1.54, 1.807) is 26.0 Å². The molecule has 168 valence electrons. The third kappa shape index (κ3) is 5.96. The van der Waals surface area contributed by atoms with Crippen molar-refractivity contribution in [2.45, 2.75) is 31.8 Å². The van der Waals surface area contributed by atoms with Gasteiger partial charge in [-0.05, 0) is 49.4 Å². The molecule has 10 heteroatoms. The third-order valence-corrected chi connectivity index (χ3v) is 6.80. The minimum Gasteiger partial charge on any atom is -0.495 e. The molecular formula is C21H25ClN2O6S. The molecule has 2 aromatic rings. The molecule has 0 bridgehead atoms. The Morgan fingerprint density at radius 3 is 2.26 bits per heavy atom. The van der Waals surface area contributed by atoms with Crippen LogP contribution in [0.15, 0.2) is 47.4 Å². The molecule has 1 N–H and O–H groups in total. The van der Waals surface area contributed by atoms with Crippen molar-refractivity contribution in [1.82, 2.24) is 4.31 Å². The summed E-state index contributed by atoms with van der Waals surface area (Å²) in [7, 11) is -2.18. The highest BCUT2D eigenvalue weighted by Crippen LogP contribution is 2.28. The van der Waals surface area contributed by atoms with Crippen molar-refractivity contribution < 1.29 is 27.5 Å². The number of amides is 1. The molecular weight excluding hydrogens is 444 g/mol. The van der Waals surface area contributed by atoms with Crippen LogP contribution in [0.2, 0.25) is 5.02 Å². The van der Waals surface area contributed by atoms with E-state index in [1.807, 2.05) is 0 Å². The Labute approximate surface area is 187 Å². The van der Waals surface area contributed by atoms with E-state index in [4.69, 9.17) is 21.1 Å². The lowest BCUT2D eigenvalue weighted by molar-refractivity contribution is -0.123. The van der Waals surface area contributed by atoms with Crippen LogP contribution in [0.25, 0.3) is 0 Å². The average Bonchev–Trinajstić information content (AvgIpc) is 2.74. The predicted molar refractivity (Wildman–Crippen MR) is 118 cm³/mol. The third-order valence-electron chi connectivity index (χ3n) is 4.51. The highest BCUT2D eigenvalue weighted by Gasteiger charge is 2.23. The maximum Gasteiger partial charge on any atom is 0.338 e. The maximum absolute atomic E-state index is 12.5. The van der Waals surface area contributed by atoms with E-state index in [0.717, 1.165) is 0 Å². The molecule has 1 amide bonds. The van der Waals surface area contributed by atoms with E-state index in [0.29, 0.717) is 29.5 Å². The number of hydrogen-bond donors (Lipinski definition) is 1. The molecule has 0 fully saturated rings. The highest BCUT2D eigenvalue weighted by molar-refractivity contribution is 7.89. The first-order chi connectivity index (χ1) is 14.6.